The van der Waals surface area contributed by atoms with Gasteiger partial charge in [-0.2, -0.15) is 4.31 Å². The molecule has 3 rings (SSSR count). The van der Waals surface area contributed by atoms with Gasteiger partial charge >= 0.3 is 0 Å². The quantitative estimate of drug-likeness (QED) is 0.803. The number of amides is 1. The van der Waals surface area contributed by atoms with Gasteiger partial charge in [-0.05, 0) is 63.1 Å². The van der Waals surface area contributed by atoms with E-state index in [1.165, 1.54) is 4.31 Å². The van der Waals surface area contributed by atoms with E-state index in [0.717, 1.165) is 11.3 Å². The number of sulfonamides is 1. The summed E-state index contributed by atoms with van der Waals surface area (Å²) in [6.45, 7) is 5.04. The maximum atomic E-state index is 12.9. The Labute approximate surface area is 166 Å². The Balaban J connectivity index is 1.66. The summed E-state index contributed by atoms with van der Waals surface area (Å²) in [5, 5.41) is 2.88. The normalized spacial score (nSPS) is 17.9. The second-order valence-corrected chi connectivity index (χ2v) is 8.90. The van der Waals surface area contributed by atoms with Gasteiger partial charge < -0.3 is 10.1 Å². The predicted octanol–water partition coefficient (Wildman–Crippen LogP) is 3.43. The van der Waals surface area contributed by atoms with Gasteiger partial charge in [-0.1, -0.05) is 17.7 Å². The minimum atomic E-state index is -3.59. The van der Waals surface area contributed by atoms with E-state index in [4.69, 9.17) is 4.74 Å². The molecule has 6 nitrogen and oxygen atoms in total. The maximum absolute atomic E-state index is 12.9. The van der Waals surface area contributed by atoms with Gasteiger partial charge in [0.25, 0.3) is 0 Å². The van der Waals surface area contributed by atoms with Gasteiger partial charge in [0.2, 0.25) is 15.9 Å². The molecule has 1 aliphatic heterocycles. The first-order valence-electron chi connectivity index (χ1n) is 9.50. The molecule has 1 fully saturated rings. The molecule has 1 N–H and O–H groups in total. The van der Waals surface area contributed by atoms with Gasteiger partial charge in [0, 0.05) is 18.8 Å². The number of hydrogen-bond acceptors (Lipinski definition) is 4. The van der Waals surface area contributed by atoms with Crippen LogP contribution in [-0.4, -0.2) is 38.3 Å². The molecule has 28 heavy (non-hydrogen) atoms. The zero-order valence-corrected chi connectivity index (χ0v) is 17.0. The van der Waals surface area contributed by atoms with Crippen LogP contribution in [-0.2, 0) is 14.8 Å². The molecule has 0 aliphatic carbocycles. The van der Waals surface area contributed by atoms with Crippen molar-refractivity contribution in [3.63, 3.8) is 0 Å². The minimum absolute atomic E-state index is 0.159. The van der Waals surface area contributed by atoms with Crippen molar-refractivity contribution in [2.45, 2.75) is 31.6 Å². The first-order chi connectivity index (χ1) is 13.4. The Kier molecular flexibility index (Phi) is 6.36. The van der Waals surface area contributed by atoms with Crippen LogP contribution < -0.4 is 10.1 Å². The summed E-state index contributed by atoms with van der Waals surface area (Å²) in [4.78, 5) is 12.9. The summed E-state index contributed by atoms with van der Waals surface area (Å²) in [5.41, 5.74) is 1.68. The van der Waals surface area contributed by atoms with E-state index in [0.29, 0.717) is 31.7 Å². The van der Waals surface area contributed by atoms with Gasteiger partial charge in [-0.3, -0.25) is 4.79 Å². The zero-order chi connectivity index (χ0) is 20.1. The second kappa shape index (κ2) is 8.75. The fourth-order valence-corrected chi connectivity index (χ4v) is 4.80. The highest BCUT2D eigenvalue weighted by Crippen LogP contribution is 2.25. The highest BCUT2D eigenvalue weighted by atomic mass is 32.2. The molecule has 1 saturated heterocycles. The Hall–Kier alpha value is -2.38. The summed E-state index contributed by atoms with van der Waals surface area (Å²) in [6.07, 6.45) is 1.33. The van der Waals surface area contributed by atoms with Crippen LogP contribution in [0.1, 0.15) is 25.3 Å². The number of benzene rings is 2. The topological polar surface area (TPSA) is 75.7 Å². The van der Waals surface area contributed by atoms with Gasteiger partial charge in [0.1, 0.15) is 5.75 Å². The molecule has 150 valence electrons. The lowest BCUT2D eigenvalue weighted by Gasteiger charge is -2.31. The van der Waals surface area contributed by atoms with Crippen molar-refractivity contribution in [3.05, 3.63) is 54.1 Å². The van der Waals surface area contributed by atoms with Crippen molar-refractivity contribution in [1.29, 1.82) is 0 Å². The van der Waals surface area contributed by atoms with E-state index in [1.54, 1.807) is 48.5 Å². The minimum Gasteiger partial charge on any atom is -0.494 e. The smallest absolute Gasteiger partial charge is 0.243 e. The summed E-state index contributed by atoms with van der Waals surface area (Å²) < 4.78 is 32.6. The third kappa shape index (κ3) is 4.72. The number of rotatable bonds is 6. The van der Waals surface area contributed by atoms with Crippen LogP contribution in [0.4, 0.5) is 5.69 Å². The molecular weight excluding hydrogens is 376 g/mol. The van der Waals surface area contributed by atoms with Crippen molar-refractivity contribution >= 4 is 21.6 Å². The Morgan fingerprint density at radius 2 is 1.82 bits per heavy atom. The summed E-state index contributed by atoms with van der Waals surface area (Å²) >= 11 is 0. The summed E-state index contributed by atoms with van der Waals surface area (Å²) in [5.74, 6) is 0.210. The molecule has 1 aliphatic rings. The third-order valence-electron chi connectivity index (χ3n) is 4.85. The molecule has 2 aromatic rings. The molecule has 2 aromatic carbocycles. The molecule has 0 aromatic heterocycles. The van der Waals surface area contributed by atoms with Gasteiger partial charge in [0.15, 0.2) is 0 Å². The molecular formula is C21H26N2O4S. The summed E-state index contributed by atoms with van der Waals surface area (Å²) in [7, 11) is -3.59. The van der Waals surface area contributed by atoms with Crippen molar-refractivity contribution in [3.8, 4) is 5.75 Å². The number of aryl methyl sites for hydroxylation is 1. The molecule has 1 atom stereocenters. The molecule has 1 heterocycles. The number of piperidine rings is 1. The van der Waals surface area contributed by atoms with E-state index in [1.807, 2.05) is 13.8 Å². The SMILES string of the molecule is CCOc1ccc(NC(=O)[C@@H]2CCCN(S(=O)(=O)c3ccc(C)cc3)C2)cc1. The van der Waals surface area contributed by atoms with Crippen molar-refractivity contribution in [2.75, 3.05) is 25.0 Å². The molecule has 0 spiro atoms. The van der Waals surface area contributed by atoms with Crippen molar-refractivity contribution in [1.82, 2.24) is 4.31 Å². The lowest BCUT2D eigenvalue weighted by molar-refractivity contribution is -0.120. The molecule has 7 heteroatoms. The largest absolute Gasteiger partial charge is 0.494 e. The zero-order valence-electron chi connectivity index (χ0n) is 16.2. The number of carbonyl (C=O) groups is 1. The maximum Gasteiger partial charge on any atom is 0.243 e. The van der Waals surface area contributed by atoms with Crippen LogP contribution in [0.25, 0.3) is 0 Å². The van der Waals surface area contributed by atoms with Gasteiger partial charge in [0.05, 0.1) is 17.4 Å². The lowest BCUT2D eigenvalue weighted by Crippen LogP contribution is -2.43. The highest BCUT2D eigenvalue weighted by Gasteiger charge is 2.33. The van der Waals surface area contributed by atoms with Gasteiger partial charge in [-0.25, -0.2) is 8.42 Å². The Morgan fingerprint density at radius 1 is 1.14 bits per heavy atom. The standard InChI is InChI=1S/C21H26N2O4S/c1-3-27-19-10-8-18(9-11-19)22-21(24)17-5-4-14-23(15-17)28(25,26)20-12-6-16(2)7-13-20/h6-13,17H,3-5,14-15H2,1-2H3,(H,22,24)/t17-/m1/s1. The number of ether oxygens (including phenoxy) is 1. The van der Waals surface area contributed by atoms with Crippen LogP contribution in [0.15, 0.2) is 53.4 Å². The van der Waals surface area contributed by atoms with Crippen LogP contribution in [0, 0.1) is 12.8 Å². The first-order valence-corrected chi connectivity index (χ1v) is 10.9. The number of carbonyl (C=O) groups excluding carboxylic acids is 1. The van der Waals surface area contributed by atoms with Crippen LogP contribution >= 0.6 is 0 Å². The lowest BCUT2D eigenvalue weighted by atomic mass is 9.99. The van der Waals surface area contributed by atoms with Crippen molar-refractivity contribution < 1.29 is 17.9 Å². The van der Waals surface area contributed by atoms with E-state index in [9.17, 15) is 13.2 Å². The monoisotopic (exact) mass is 402 g/mol. The van der Waals surface area contributed by atoms with Gasteiger partial charge in [-0.15, -0.1) is 0 Å². The molecule has 0 bridgehead atoms. The van der Waals surface area contributed by atoms with Crippen LogP contribution in [0.3, 0.4) is 0 Å². The molecule has 0 saturated carbocycles. The predicted molar refractivity (Wildman–Crippen MR) is 109 cm³/mol. The number of hydrogen-bond donors (Lipinski definition) is 1. The second-order valence-electron chi connectivity index (χ2n) is 6.96. The number of nitrogens with zero attached hydrogens (tertiary/aromatic N) is 1. The van der Waals surface area contributed by atoms with E-state index >= 15 is 0 Å². The Morgan fingerprint density at radius 3 is 2.46 bits per heavy atom. The van der Waals surface area contributed by atoms with Crippen LogP contribution in [0.2, 0.25) is 0 Å². The summed E-state index contributed by atoms with van der Waals surface area (Å²) in [6, 6.07) is 14.0. The van der Waals surface area contributed by atoms with Crippen molar-refractivity contribution in [2.24, 2.45) is 5.92 Å². The number of nitrogens with one attached hydrogen (secondary N) is 1. The first kappa shape index (κ1) is 20.4. The third-order valence-corrected chi connectivity index (χ3v) is 6.73. The van der Waals surface area contributed by atoms with Crippen LogP contribution in [0.5, 0.6) is 5.75 Å². The van der Waals surface area contributed by atoms with E-state index < -0.39 is 10.0 Å². The molecule has 0 radical (unpaired) electrons. The van der Waals surface area contributed by atoms with E-state index in [2.05, 4.69) is 5.32 Å². The molecule has 0 unspecified atom stereocenters. The number of anilines is 1. The Bertz CT molecular complexity index is 908. The highest BCUT2D eigenvalue weighted by molar-refractivity contribution is 7.89. The average molecular weight is 403 g/mol. The van der Waals surface area contributed by atoms with E-state index in [-0.39, 0.29) is 23.3 Å². The molecule has 1 amide bonds. The fraction of sp³-hybridized carbons (Fsp3) is 0.381. The fourth-order valence-electron chi connectivity index (χ4n) is 3.28. The average Bonchev–Trinajstić information content (AvgIpc) is 2.70.